The van der Waals surface area contributed by atoms with E-state index in [0.29, 0.717) is 12.2 Å². The van der Waals surface area contributed by atoms with Gasteiger partial charge in [0.15, 0.2) is 0 Å². The largest absolute Gasteiger partial charge is 0.347 e. The molecule has 0 saturated carbocycles. The molecule has 1 atom stereocenters. The quantitative estimate of drug-likeness (QED) is 0.625. The minimum atomic E-state index is -3.67. The van der Waals surface area contributed by atoms with E-state index in [2.05, 4.69) is 14.7 Å². The summed E-state index contributed by atoms with van der Waals surface area (Å²) in [6.45, 7) is 1.84. The Bertz CT molecular complexity index is 345. The molecule has 7 heteroatoms. The minimum absolute atomic E-state index is 0.384. The molecule has 0 aliphatic heterocycles. The molecule has 4 N–H and O–H groups in total. The maximum atomic E-state index is 10.7. The lowest BCUT2D eigenvalue weighted by Crippen LogP contribution is -2.34. The van der Waals surface area contributed by atoms with Crippen LogP contribution < -0.4 is 9.86 Å². The summed E-state index contributed by atoms with van der Waals surface area (Å²) < 4.78 is 23.7. The lowest BCUT2D eigenvalue weighted by molar-refractivity contribution is 0.540. The lowest BCUT2D eigenvalue weighted by Gasteiger charge is -2.11. The van der Waals surface area contributed by atoms with Crippen LogP contribution in [-0.2, 0) is 10.2 Å². The number of nitrogens with two attached hydrogens (primary N) is 1. The predicted molar refractivity (Wildman–Crippen MR) is 47.9 cm³/mol. The van der Waals surface area contributed by atoms with Crippen molar-refractivity contribution in [1.29, 1.82) is 0 Å². The van der Waals surface area contributed by atoms with Gasteiger partial charge in [-0.25, -0.2) is 10.1 Å². The first-order valence-electron chi connectivity index (χ1n) is 3.82. The van der Waals surface area contributed by atoms with Gasteiger partial charge in [-0.15, -0.1) is 0 Å². The van der Waals surface area contributed by atoms with Crippen LogP contribution in [0.1, 0.15) is 25.2 Å². The van der Waals surface area contributed by atoms with Gasteiger partial charge in [-0.2, -0.15) is 13.1 Å². The van der Waals surface area contributed by atoms with E-state index in [4.69, 9.17) is 5.14 Å². The molecule has 6 nitrogen and oxygen atoms in total. The molecule has 0 fully saturated rings. The third kappa shape index (κ3) is 3.13. The number of hydrogen-bond acceptors (Lipinski definition) is 3. The third-order valence-corrected chi connectivity index (χ3v) is 2.18. The molecular formula is C6H12N4O2S. The summed E-state index contributed by atoms with van der Waals surface area (Å²) in [7, 11) is -3.67. The SMILES string of the molecule is CCC(NS(N)(=O)=O)c1ncc[nH]1. The average molecular weight is 204 g/mol. The molecule has 0 spiro atoms. The van der Waals surface area contributed by atoms with E-state index in [0.717, 1.165) is 0 Å². The Morgan fingerprint density at radius 1 is 1.77 bits per heavy atom. The molecule has 1 aromatic rings. The summed E-state index contributed by atoms with van der Waals surface area (Å²) in [5.41, 5.74) is 0. The van der Waals surface area contributed by atoms with Gasteiger partial charge in [0.05, 0.1) is 6.04 Å². The van der Waals surface area contributed by atoms with Crippen LogP contribution >= 0.6 is 0 Å². The Balaban J connectivity index is 2.76. The summed E-state index contributed by atoms with van der Waals surface area (Å²) in [6, 6.07) is -0.384. The van der Waals surface area contributed by atoms with Gasteiger partial charge >= 0.3 is 0 Å². The summed E-state index contributed by atoms with van der Waals surface area (Å²) in [6.07, 6.45) is 3.77. The highest BCUT2D eigenvalue weighted by Gasteiger charge is 2.15. The van der Waals surface area contributed by atoms with Gasteiger partial charge in [-0.1, -0.05) is 6.92 Å². The zero-order chi connectivity index (χ0) is 9.90. The second-order valence-corrected chi connectivity index (χ2v) is 3.92. The summed E-state index contributed by atoms with van der Waals surface area (Å²) in [4.78, 5) is 6.75. The highest BCUT2D eigenvalue weighted by molar-refractivity contribution is 7.87. The molecule has 0 amide bonds. The summed E-state index contributed by atoms with van der Waals surface area (Å²) in [5.74, 6) is 0.566. The topological polar surface area (TPSA) is 101 Å². The first-order chi connectivity index (χ1) is 6.03. The van der Waals surface area contributed by atoms with E-state index in [1.165, 1.54) is 0 Å². The highest BCUT2D eigenvalue weighted by atomic mass is 32.2. The van der Waals surface area contributed by atoms with Crippen molar-refractivity contribution in [2.45, 2.75) is 19.4 Å². The van der Waals surface area contributed by atoms with Gasteiger partial charge in [-0.3, -0.25) is 0 Å². The molecule has 0 radical (unpaired) electrons. The Hall–Kier alpha value is -0.920. The second-order valence-electron chi connectivity index (χ2n) is 2.60. The van der Waals surface area contributed by atoms with Crippen LogP contribution in [0.5, 0.6) is 0 Å². The monoisotopic (exact) mass is 204 g/mol. The third-order valence-electron chi connectivity index (χ3n) is 1.56. The highest BCUT2D eigenvalue weighted by Crippen LogP contribution is 2.11. The zero-order valence-corrected chi connectivity index (χ0v) is 8.00. The van der Waals surface area contributed by atoms with Gasteiger partial charge in [-0.05, 0) is 6.42 Å². The fourth-order valence-electron chi connectivity index (χ4n) is 0.999. The number of H-pyrrole nitrogens is 1. The van der Waals surface area contributed by atoms with Crippen LogP contribution in [0, 0.1) is 0 Å². The van der Waals surface area contributed by atoms with Crippen molar-refractivity contribution in [1.82, 2.24) is 14.7 Å². The number of nitrogens with one attached hydrogen (secondary N) is 2. The van der Waals surface area contributed by atoms with Gasteiger partial charge in [0.2, 0.25) is 0 Å². The molecule has 0 bridgehead atoms. The van der Waals surface area contributed by atoms with Gasteiger partial charge in [0, 0.05) is 12.4 Å². The molecule has 1 aromatic heterocycles. The maximum Gasteiger partial charge on any atom is 0.275 e. The van der Waals surface area contributed by atoms with E-state index in [9.17, 15) is 8.42 Å². The minimum Gasteiger partial charge on any atom is -0.347 e. The number of aromatic nitrogens is 2. The number of aromatic amines is 1. The van der Waals surface area contributed by atoms with E-state index >= 15 is 0 Å². The zero-order valence-electron chi connectivity index (χ0n) is 7.19. The van der Waals surface area contributed by atoms with Crippen molar-refractivity contribution in [3.05, 3.63) is 18.2 Å². The number of hydrogen-bond donors (Lipinski definition) is 3. The van der Waals surface area contributed by atoms with Gasteiger partial charge in [0.25, 0.3) is 10.2 Å². The first kappa shape index (κ1) is 10.2. The lowest BCUT2D eigenvalue weighted by atomic mass is 10.2. The molecule has 1 heterocycles. The Kier molecular flexibility index (Phi) is 3.02. The maximum absolute atomic E-state index is 10.7. The van der Waals surface area contributed by atoms with Crippen molar-refractivity contribution in [2.75, 3.05) is 0 Å². The predicted octanol–water partition coefficient (Wildman–Crippen LogP) is -0.346. The molecule has 0 aliphatic rings. The van der Waals surface area contributed by atoms with E-state index in [1.807, 2.05) is 6.92 Å². The standard InChI is InChI=1S/C6H12N4O2S/c1-2-5(10-13(7,11)12)6-8-3-4-9-6/h3-5,10H,2H2,1H3,(H,8,9)(H2,7,11,12). The molecule has 13 heavy (non-hydrogen) atoms. The Morgan fingerprint density at radius 3 is 2.85 bits per heavy atom. The van der Waals surface area contributed by atoms with Crippen molar-refractivity contribution in [3.63, 3.8) is 0 Å². The van der Waals surface area contributed by atoms with E-state index in [-0.39, 0.29) is 6.04 Å². The van der Waals surface area contributed by atoms with Crippen molar-refractivity contribution >= 4 is 10.2 Å². The second kappa shape index (κ2) is 3.86. The van der Waals surface area contributed by atoms with Crippen LogP contribution in [0.3, 0.4) is 0 Å². The first-order valence-corrected chi connectivity index (χ1v) is 5.37. The molecule has 1 unspecified atom stereocenters. The van der Waals surface area contributed by atoms with Gasteiger partial charge < -0.3 is 4.98 Å². The van der Waals surface area contributed by atoms with Crippen LogP contribution in [0.4, 0.5) is 0 Å². The van der Waals surface area contributed by atoms with Crippen molar-refractivity contribution in [3.8, 4) is 0 Å². The number of rotatable bonds is 4. The van der Waals surface area contributed by atoms with Crippen molar-refractivity contribution < 1.29 is 8.42 Å². The number of nitrogens with zero attached hydrogens (tertiary/aromatic N) is 1. The Morgan fingerprint density at radius 2 is 2.46 bits per heavy atom. The normalized spacial score (nSPS) is 14.3. The molecule has 0 aromatic carbocycles. The molecule has 0 aliphatic carbocycles. The van der Waals surface area contributed by atoms with Crippen LogP contribution in [0.25, 0.3) is 0 Å². The fourth-order valence-corrected chi connectivity index (χ4v) is 1.67. The van der Waals surface area contributed by atoms with E-state index in [1.54, 1.807) is 12.4 Å². The van der Waals surface area contributed by atoms with Crippen LogP contribution in [-0.4, -0.2) is 18.4 Å². The number of imidazole rings is 1. The summed E-state index contributed by atoms with van der Waals surface area (Å²) in [5, 5.41) is 4.84. The molecular weight excluding hydrogens is 192 g/mol. The smallest absolute Gasteiger partial charge is 0.275 e. The average Bonchev–Trinajstić information content (AvgIpc) is 2.50. The van der Waals surface area contributed by atoms with E-state index < -0.39 is 10.2 Å². The summed E-state index contributed by atoms with van der Waals surface area (Å²) >= 11 is 0. The molecule has 74 valence electrons. The molecule has 1 rings (SSSR count). The molecule has 0 saturated heterocycles. The Labute approximate surface area is 76.7 Å². The van der Waals surface area contributed by atoms with Crippen LogP contribution in [0.2, 0.25) is 0 Å². The fraction of sp³-hybridized carbons (Fsp3) is 0.500. The van der Waals surface area contributed by atoms with Crippen LogP contribution in [0.15, 0.2) is 12.4 Å². The van der Waals surface area contributed by atoms with Crippen molar-refractivity contribution in [2.24, 2.45) is 5.14 Å². The van der Waals surface area contributed by atoms with Gasteiger partial charge in [0.1, 0.15) is 5.82 Å².